The van der Waals surface area contributed by atoms with E-state index in [1.54, 1.807) is 12.1 Å². The van der Waals surface area contributed by atoms with Gasteiger partial charge in [-0.2, -0.15) is 0 Å². The molecule has 0 amide bonds. The highest BCUT2D eigenvalue weighted by molar-refractivity contribution is 6.02. The van der Waals surface area contributed by atoms with Gasteiger partial charge in [0.15, 0.2) is 0 Å². The van der Waals surface area contributed by atoms with Gasteiger partial charge in [0.1, 0.15) is 5.84 Å². The molecular formula is C12H12N4O2. The predicted molar refractivity (Wildman–Crippen MR) is 69.2 cm³/mol. The van der Waals surface area contributed by atoms with Crippen LogP contribution in [-0.2, 0) is 7.05 Å². The Labute approximate surface area is 102 Å². The fraction of sp³-hybridized carbons (Fsp3) is 0.250. The number of fused-ring (bicyclic) bond motifs is 1. The smallest absolute Gasteiger partial charge is 0.328 e. The van der Waals surface area contributed by atoms with Crippen molar-refractivity contribution in [2.45, 2.75) is 0 Å². The van der Waals surface area contributed by atoms with Gasteiger partial charge < -0.3 is 10.3 Å². The van der Waals surface area contributed by atoms with Crippen molar-refractivity contribution in [3.05, 3.63) is 44.6 Å². The van der Waals surface area contributed by atoms with Crippen molar-refractivity contribution in [3.63, 3.8) is 0 Å². The van der Waals surface area contributed by atoms with Crippen molar-refractivity contribution in [2.75, 3.05) is 13.1 Å². The Morgan fingerprint density at radius 3 is 2.89 bits per heavy atom. The molecule has 0 saturated heterocycles. The summed E-state index contributed by atoms with van der Waals surface area (Å²) >= 11 is 0. The minimum absolute atomic E-state index is 0.290. The molecule has 2 aromatic rings. The minimum atomic E-state index is -0.411. The van der Waals surface area contributed by atoms with Gasteiger partial charge >= 0.3 is 5.69 Å². The van der Waals surface area contributed by atoms with Gasteiger partial charge in [0.25, 0.3) is 5.56 Å². The van der Waals surface area contributed by atoms with E-state index in [0.717, 1.165) is 29.1 Å². The molecule has 0 spiro atoms. The van der Waals surface area contributed by atoms with E-state index in [0.29, 0.717) is 10.9 Å². The van der Waals surface area contributed by atoms with E-state index in [2.05, 4.69) is 15.3 Å². The Kier molecular flexibility index (Phi) is 2.29. The fourth-order valence-corrected chi connectivity index (χ4v) is 2.04. The molecule has 0 unspecified atom stereocenters. The molecule has 1 aliphatic heterocycles. The van der Waals surface area contributed by atoms with Crippen LogP contribution in [0.3, 0.4) is 0 Å². The minimum Gasteiger partial charge on any atom is -0.368 e. The molecule has 2 heterocycles. The molecule has 1 aromatic heterocycles. The predicted octanol–water partition coefficient (Wildman–Crippen LogP) is -0.423. The van der Waals surface area contributed by atoms with Crippen LogP contribution in [0.1, 0.15) is 5.56 Å². The molecule has 0 fully saturated rings. The van der Waals surface area contributed by atoms with Gasteiger partial charge in [-0.3, -0.25) is 14.4 Å². The zero-order chi connectivity index (χ0) is 12.7. The Bertz CT molecular complexity index is 770. The third-order valence-corrected chi connectivity index (χ3v) is 3.05. The Morgan fingerprint density at radius 1 is 1.33 bits per heavy atom. The van der Waals surface area contributed by atoms with E-state index < -0.39 is 5.69 Å². The number of aromatic nitrogens is 2. The maximum Gasteiger partial charge on any atom is 0.328 e. The van der Waals surface area contributed by atoms with Gasteiger partial charge in [0.2, 0.25) is 0 Å². The van der Waals surface area contributed by atoms with Gasteiger partial charge in [-0.05, 0) is 12.1 Å². The molecule has 6 nitrogen and oxygen atoms in total. The van der Waals surface area contributed by atoms with Crippen LogP contribution in [0.2, 0.25) is 0 Å². The van der Waals surface area contributed by atoms with Crippen molar-refractivity contribution in [1.82, 2.24) is 14.9 Å². The Morgan fingerprint density at radius 2 is 2.17 bits per heavy atom. The topological polar surface area (TPSA) is 79.2 Å². The average molecular weight is 244 g/mol. The maximum absolute atomic E-state index is 11.9. The van der Waals surface area contributed by atoms with E-state index >= 15 is 0 Å². The second-order valence-electron chi connectivity index (χ2n) is 4.21. The summed E-state index contributed by atoms with van der Waals surface area (Å²) in [6, 6.07) is 5.32. The number of hydrogen-bond donors (Lipinski definition) is 2. The first-order chi connectivity index (χ1) is 8.66. The van der Waals surface area contributed by atoms with E-state index in [1.165, 1.54) is 7.05 Å². The SMILES string of the molecule is Cn1c(=O)[nH]c2cc(C3=NCCN3)ccc2c1=O. The van der Waals surface area contributed by atoms with Crippen molar-refractivity contribution < 1.29 is 0 Å². The molecule has 0 bridgehead atoms. The molecule has 3 rings (SSSR count). The molecular weight excluding hydrogens is 232 g/mol. The fourth-order valence-electron chi connectivity index (χ4n) is 2.04. The standard InChI is InChI=1S/C12H12N4O2/c1-16-11(17)8-3-2-7(10-13-4-5-14-10)6-9(8)15-12(16)18/h2-3,6H,4-5H2,1H3,(H,13,14)(H,15,18). The van der Waals surface area contributed by atoms with Crippen LogP contribution in [0.4, 0.5) is 0 Å². The summed E-state index contributed by atoms with van der Waals surface area (Å²) in [6.45, 7) is 1.57. The first kappa shape index (κ1) is 10.8. The van der Waals surface area contributed by atoms with Crippen molar-refractivity contribution in [2.24, 2.45) is 12.0 Å². The van der Waals surface area contributed by atoms with Gasteiger partial charge in [-0.15, -0.1) is 0 Å². The highest BCUT2D eigenvalue weighted by Gasteiger charge is 2.10. The highest BCUT2D eigenvalue weighted by atomic mass is 16.2. The molecule has 6 heteroatoms. The van der Waals surface area contributed by atoms with E-state index in [4.69, 9.17) is 0 Å². The van der Waals surface area contributed by atoms with Crippen LogP contribution in [0.25, 0.3) is 10.9 Å². The number of nitrogens with zero attached hydrogens (tertiary/aromatic N) is 2. The number of nitrogens with one attached hydrogen (secondary N) is 2. The lowest BCUT2D eigenvalue weighted by Gasteiger charge is -2.05. The maximum atomic E-state index is 11.9. The van der Waals surface area contributed by atoms with Gasteiger partial charge in [0, 0.05) is 19.2 Å². The first-order valence-electron chi connectivity index (χ1n) is 5.68. The lowest BCUT2D eigenvalue weighted by Crippen LogP contribution is -2.32. The van der Waals surface area contributed by atoms with Crippen LogP contribution in [-0.4, -0.2) is 28.5 Å². The molecule has 92 valence electrons. The van der Waals surface area contributed by atoms with Crippen LogP contribution in [0, 0.1) is 0 Å². The van der Waals surface area contributed by atoms with E-state index in [9.17, 15) is 9.59 Å². The molecule has 18 heavy (non-hydrogen) atoms. The van der Waals surface area contributed by atoms with E-state index in [1.807, 2.05) is 6.07 Å². The lowest BCUT2D eigenvalue weighted by atomic mass is 10.1. The molecule has 0 radical (unpaired) electrons. The highest BCUT2D eigenvalue weighted by Crippen LogP contribution is 2.10. The summed E-state index contributed by atoms with van der Waals surface area (Å²) in [5.41, 5.74) is 0.716. The number of benzene rings is 1. The summed E-state index contributed by atoms with van der Waals surface area (Å²) in [6.07, 6.45) is 0. The lowest BCUT2D eigenvalue weighted by molar-refractivity contribution is 0.794. The summed E-state index contributed by atoms with van der Waals surface area (Å²) in [5.74, 6) is 0.804. The van der Waals surface area contributed by atoms with Crippen LogP contribution < -0.4 is 16.6 Å². The Balaban J connectivity index is 2.27. The number of aliphatic imine (C=N–C) groups is 1. The third-order valence-electron chi connectivity index (χ3n) is 3.05. The summed E-state index contributed by atoms with van der Waals surface area (Å²) < 4.78 is 1.06. The quantitative estimate of drug-likeness (QED) is 0.715. The monoisotopic (exact) mass is 244 g/mol. The van der Waals surface area contributed by atoms with E-state index in [-0.39, 0.29) is 5.56 Å². The van der Waals surface area contributed by atoms with Gasteiger partial charge in [-0.1, -0.05) is 6.07 Å². The second-order valence-corrected chi connectivity index (χ2v) is 4.21. The molecule has 1 aromatic carbocycles. The second kappa shape index (κ2) is 3.83. The molecule has 2 N–H and O–H groups in total. The first-order valence-corrected chi connectivity index (χ1v) is 5.68. The number of amidine groups is 1. The van der Waals surface area contributed by atoms with Crippen molar-refractivity contribution >= 4 is 16.7 Å². The normalized spacial score (nSPS) is 14.6. The summed E-state index contributed by atoms with van der Waals surface area (Å²) in [5, 5.41) is 3.65. The zero-order valence-electron chi connectivity index (χ0n) is 9.86. The molecule has 1 aliphatic rings. The summed E-state index contributed by atoms with van der Waals surface area (Å²) in [4.78, 5) is 30.4. The largest absolute Gasteiger partial charge is 0.368 e. The van der Waals surface area contributed by atoms with Gasteiger partial charge in [-0.25, -0.2) is 4.79 Å². The van der Waals surface area contributed by atoms with Gasteiger partial charge in [0.05, 0.1) is 17.4 Å². The van der Waals surface area contributed by atoms with Crippen LogP contribution in [0.5, 0.6) is 0 Å². The molecule has 0 aliphatic carbocycles. The third kappa shape index (κ3) is 1.54. The average Bonchev–Trinajstić information content (AvgIpc) is 2.89. The van der Waals surface area contributed by atoms with Crippen LogP contribution in [0.15, 0.2) is 32.8 Å². The number of hydrogen-bond acceptors (Lipinski definition) is 4. The van der Waals surface area contributed by atoms with Crippen molar-refractivity contribution in [1.29, 1.82) is 0 Å². The van der Waals surface area contributed by atoms with Crippen LogP contribution >= 0.6 is 0 Å². The molecule has 0 saturated carbocycles. The number of aromatic amines is 1. The zero-order valence-corrected chi connectivity index (χ0v) is 9.86. The summed E-state index contributed by atoms with van der Waals surface area (Å²) in [7, 11) is 1.46. The van der Waals surface area contributed by atoms with Crippen molar-refractivity contribution in [3.8, 4) is 0 Å². The Hall–Kier alpha value is -2.37. The number of H-pyrrole nitrogens is 1. The number of rotatable bonds is 1. The molecule has 0 atom stereocenters.